The van der Waals surface area contributed by atoms with Gasteiger partial charge < -0.3 is 29.1 Å². The van der Waals surface area contributed by atoms with E-state index in [-0.39, 0.29) is 42.3 Å². The number of carbonyl (C=O) groups excluding carboxylic acids is 2. The zero-order chi connectivity index (χ0) is 36.9. The maximum absolute atomic E-state index is 15.2. The lowest BCUT2D eigenvalue weighted by Gasteiger charge is -2.30. The van der Waals surface area contributed by atoms with E-state index in [0.717, 1.165) is 10.6 Å². The van der Waals surface area contributed by atoms with Gasteiger partial charge in [-0.2, -0.15) is 0 Å². The van der Waals surface area contributed by atoms with E-state index in [0.29, 0.717) is 50.2 Å². The highest BCUT2D eigenvalue weighted by atomic mass is 32.2. The summed E-state index contributed by atoms with van der Waals surface area (Å²) >= 11 is 0. The second kappa shape index (κ2) is 13.4. The van der Waals surface area contributed by atoms with Gasteiger partial charge in [0.25, 0.3) is 5.91 Å². The molecule has 2 N–H and O–H groups in total. The van der Waals surface area contributed by atoms with E-state index >= 15 is 4.39 Å². The van der Waals surface area contributed by atoms with Gasteiger partial charge in [-0.05, 0) is 67.6 Å². The van der Waals surface area contributed by atoms with Crippen molar-refractivity contribution < 1.29 is 40.7 Å². The van der Waals surface area contributed by atoms with Crippen molar-refractivity contribution in [2.24, 2.45) is 0 Å². The minimum atomic E-state index is -3.82. The van der Waals surface area contributed by atoms with Gasteiger partial charge in [-0.25, -0.2) is 22.2 Å². The molecule has 0 spiro atoms. The number of fused-ring (bicyclic) bond motifs is 6. The van der Waals surface area contributed by atoms with Gasteiger partial charge in [0, 0.05) is 42.1 Å². The van der Waals surface area contributed by atoms with Gasteiger partial charge in [0.2, 0.25) is 10.0 Å². The molecule has 0 radical (unpaired) electrons. The van der Waals surface area contributed by atoms with Crippen molar-refractivity contribution in [3.8, 4) is 39.7 Å². The summed E-state index contributed by atoms with van der Waals surface area (Å²) in [7, 11) is -0.962. The third-order valence-corrected chi connectivity index (χ3v) is 10.0. The summed E-state index contributed by atoms with van der Waals surface area (Å²) in [6.45, 7) is 2.07. The molecule has 4 heterocycles. The van der Waals surface area contributed by atoms with E-state index in [1.54, 1.807) is 47.9 Å². The van der Waals surface area contributed by atoms with E-state index in [9.17, 15) is 22.4 Å². The van der Waals surface area contributed by atoms with Crippen molar-refractivity contribution >= 4 is 49.5 Å². The highest BCUT2D eigenvalue weighted by Gasteiger charge is 2.31. The number of aromatic nitrogens is 2. The molecule has 7 rings (SSSR count). The second-order valence-corrected chi connectivity index (χ2v) is 14.1. The third-order valence-electron chi connectivity index (χ3n) is 8.86. The summed E-state index contributed by atoms with van der Waals surface area (Å²) in [5.74, 6) is -1.28. The topological polar surface area (TPSA) is 145 Å². The van der Waals surface area contributed by atoms with Crippen molar-refractivity contribution in [3.05, 3.63) is 90.0 Å². The van der Waals surface area contributed by atoms with Gasteiger partial charge in [0.05, 0.1) is 54.1 Å². The number of sulfonamides is 1. The van der Waals surface area contributed by atoms with E-state index in [2.05, 4.69) is 10.6 Å². The lowest BCUT2D eigenvalue weighted by atomic mass is 10.0. The fourth-order valence-electron chi connectivity index (χ4n) is 6.36. The van der Waals surface area contributed by atoms with Gasteiger partial charge >= 0.3 is 5.97 Å². The SMILES string of the molecule is CCOC(=O)CNCC1Oc2ccc(-c3cc4c(C(=O)NC)c(-c5ccc(F)cc5)oc4cc3N(C)S(C)(=O)=O)nc2-c2cc3c(F)cccc3n21. The number of benzene rings is 3. The van der Waals surface area contributed by atoms with Crippen LogP contribution in [0.25, 0.3) is 55.8 Å². The minimum absolute atomic E-state index is 0.0608. The van der Waals surface area contributed by atoms with Crippen molar-refractivity contribution in [2.45, 2.75) is 13.2 Å². The molecule has 12 nitrogen and oxygen atoms in total. The highest BCUT2D eigenvalue weighted by Crippen LogP contribution is 2.45. The van der Waals surface area contributed by atoms with E-state index in [1.165, 1.54) is 50.5 Å². The number of anilines is 1. The smallest absolute Gasteiger partial charge is 0.319 e. The van der Waals surface area contributed by atoms with Crippen LogP contribution in [0.3, 0.4) is 0 Å². The van der Waals surface area contributed by atoms with Gasteiger partial charge in [0.1, 0.15) is 34.4 Å². The van der Waals surface area contributed by atoms with Crippen LogP contribution in [-0.2, 0) is 19.6 Å². The van der Waals surface area contributed by atoms with Crippen LogP contribution in [0.5, 0.6) is 5.75 Å². The van der Waals surface area contributed by atoms with Crippen LogP contribution in [-0.4, -0.2) is 69.9 Å². The molecule has 0 fully saturated rings. The van der Waals surface area contributed by atoms with Gasteiger partial charge in [-0.15, -0.1) is 0 Å². The summed E-state index contributed by atoms with van der Waals surface area (Å²) in [6, 6.07) is 18.3. The summed E-state index contributed by atoms with van der Waals surface area (Å²) < 4.78 is 75.3. The maximum atomic E-state index is 15.2. The van der Waals surface area contributed by atoms with Crippen LogP contribution in [0.1, 0.15) is 23.5 Å². The number of nitrogens with one attached hydrogen (secondary N) is 2. The number of pyridine rings is 1. The number of amides is 1. The fraction of sp³-hybridized carbons (Fsp3) is 0.216. The maximum Gasteiger partial charge on any atom is 0.319 e. The van der Waals surface area contributed by atoms with Crippen LogP contribution in [0.2, 0.25) is 0 Å². The monoisotopic (exact) mass is 729 g/mol. The number of rotatable bonds is 10. The molecule has 3 aromatic heterocycles. The largest absolute Gasteiger partial charge is 0.466 e. The van der Waals surface area contributed by atoms with Crippen LogP contribution in [0, 0.1) is 11.6 Å². The quantitative estimate of drug-likeness (QED) is 0.166. The number of carbonyl (C=O) groups is 2. The second-order valence-electron chi connectivity index (χ2n) is 12.1. The molecule has 1 amide bonds. The molecule has 15 heteroatoms. The van der Waals surface area contributed by atoms with Crippen molar-refractivity contribution in [2.75, 3.05) is 44.4 Å². The number of esters is 1. The molecule has 1 unspecified atom stereocenters. The van der Waals surface area contributed by atoms with Gasteiger partial charge in [0.15, 0.2) is 6.23 Å². The molecule has 0 saturated carbocycles. The molecule has 0 saturated heterocycles. The normalized spacial score (nSPS) is 13.8. The molecule has 52 heavy (non-hydrogen) atoms. The number of ether oxygens (including phenoxy) is 2. The van der Waals surface area contributed by atoms with Crippen molar-refractivity contribution in [1.29, 1.82) is 0 Å². The predicted molar refractivity (Wildman–Crippen MR) is 192 cm³/mol. The molecular formula is C37H33F2N5O7S. The highest BCUT2D eigenvalue weighted by molar-refractivity contribution is 7.92. The molecule has 0 aliphatic carbocycles. The molecule has 1 atom stereocenters. The Labute approximate surface area is 297 Å². The minimum Gasteiger partial charge on any atom is -0.466 e. The first kappa shape index (κ1) is 34.6. The summed E-state index contributed by atoms with van der Waals surface area (Å²) in [5.41, 5.74) is 3.09. The lowest BCUT2D eigenvalue weighted by Crippen LogP contribution is -2.35. The van der Waals surface area contributed by atoms with E-state index in [4.69, 9.17) is 18.9 Å². The first-order valence-electron chi connectivity index (χ1n) is 16.3. The zero-order valence-electron chi connectivity index (χ0n) is 28.5. The number of furan rings is 1. The molecular weight excluding hydrogens is 696 g/mol. The Hall–Kier alpha value is -5.80. The fourth-order valence-corrected chi connectivity index (χ4v) is 6.86. The standard InChI is InChI=1S/C37H33F2N5O7S/c1-5-49-33(45)19-41-18-32-44-27-8-6-7-25(39)22(27)16-29(44)35-30(50-32)14-13-26(42-35)23-15-24-31(17-28(23)43(3)52(4,47)48)51-36(34(24)37(46)40-2)20-9-11-21(38)12-10-20/h6-17,32,41H,5,18-19H2,1-4H3,(H,40,46). The average molecular weight is 730 g/mol. The molecule has 3 aromatic carbocycles. The summed E-state index contributed by atoms with van der Waals surface area (Å²) in [6.07, 6.45) is 0.360. The molecule has 0 bridgehead atoms. The number of hydrogen-bond donors (Lipinski definition) is 2. The van der Waals surface area contributed by atoms with Crippen LogP contribution < -0.4 is 19.7 Å². The Morgan fingerprint density at radius 1 is 1.04 bits per heavy atom. The van der Waals surface area contributed by atoms with Gasteiger partial charge in [-0.3, -0.25) is 13.9 Å². The van der Waals surface area contributed by atoms with E-state index < -0.39 is 39.8 Å². The number of nitrogens with zero attached hydrogens (tertiary/aromatic N) is 3. The Balaban J connectivity index is 1.41. The Kier molecular flexibility index (Phi) is 8.92. The summed E-state index contributed by atoms with van der Waals surface area (Å²) in [4.78, 5) is 30.3. The van der Waals surface area contributed by atoms with E-state index in [1.807, 2.05) is 0 Å². The number of hydrogen-bond acceptors (Lipinski definition) is 9. The number of halogens is 2. The first-order chi connectivity index (χ1) is 24.9. The third kappa shape index (κ3) is 6.11. The van der Waals surface area contributed by atoms with Crippen molar-refractivity contribution in [3.63, 3.8) is 0 Å². The molecule has 1 aliphatic heterocycles. The van der Waals surface area contributed by atoms with Crippen LogP contribution in [0.4, 0.5) is 14.5 Å². The Morgan fingerprint density at radius 3 is 2.52 bits per heavy atom. The lowest BCUT2D eigenvalue weighted by molar-refractivity contribution is -0.142. The Bertz CT molecular complexity index is 2500. The predicted octanol–water partition coefficient (Wildman–Crippen LogP) is 5.86. The molecule has 1 aliphatic rings. The summed E-state index contributed by atoms with van der Waals surface area (Å²) in [5, 5.41) is 6.36. The Morgan fingerprint density at radius 2 is 1.81 bits per heavy atom. The van der Waals surface area contributed by atoms with Gasteiger partial charge in [-0.1, -0.05) is 6.07 Å². The van der Waals surface area contributed by atoms with Crippen molar-refractivity contribution in [1.82, 2.24) is 20.2 Å². The van der Waals surface area contributed by atoms with Crippen LogP contribution >= 0.6 is 0 Å². The zero-order valence-corrected chi connectivity index (χ0v) is 29.3. The first-order valence-corrected chi connectivity index (χ1v) is 18.1. The van der Waals surface area contributed by atoms with Crippen LogP contribution in [0.15, 0.2) is 77.2 Å². The molecule has 268 valence electrons. The average Bonchev–Trinajstić information content (AvgIpc) is 3.70. The molecule has 6 aromatic rings.